The first-order valence-electron chi connectivity index (χ1n) is 7.71. The monoisotopic (exact) mass is 327 g/mol. The van der Waals surface area contributed by atoms with Gasteiger partial charge in [-0.2, -0.15) is 5.26 Å². The summed E-state index contributed by atoms with van der Waals surface area (Å²) in [6.45, 7) is 1.63. The third-order valence-corrected chi connectivity index (χ3v) is 4.71. The van der Waals surface area contributed by atoms with Gasteiger partial charge in [0.25, 0.3) is 0 Å². The van der Waals surface area contributed by atoms with Gasteiger partial charge in [0.15, 0.2) is 0 Å². The maximum Gasteiger partial charge on any atom is 0.101 e. The third-order valence-electron chi connectivity index (χ3n) is 4.46. The molecule has 1 aliphatic heterocycles. The molecule has 0 radical (unpaired) electrons. The normalized spacial score (nSPS) is 16.8. The highest BCUT2D eigenvalue weighted by Crippen LogP contribution is 2.33. The van der Waals surface area contributed by atoms with Crippen molar-refractivity contribution in [2.75, 3.05) is 18.0 Å². The number of aliphatic hydroxyl groups excluding tert-OH is 1. The molecule has 1 aromatic heterocycles. The van der Waals surface area contributed by atoms with Gasteiger partial charge in [-0.05, 0) is 42.5 Å². The minimum atomic E-state index is -0.473. The van der Waals surface area contributed by atoms with E-state index in [1.54, 1.807) is 18.5 Å². The number of aliphatic hydroxyl groups is 1. The summed E-state index contributed by atoms with van der Waals surface area (Å²) >= 11 is 5.90. The summed E-state index contributed by atoms with van der Waals surface area (Å²) in [5.41, 5.74) is 2.44. The van der Waals surface area contributed by atoms with E-state index in [1.165, 1.54) is 0 Å². The molecule has 0 aliphatic carbocycles. The first kappa shape index (κ1) is 15.8. The van der Waals surface area contributed by atoms with E-state index >= 15 is 0 Å². The second-order valence-electron chi connectivity index (χ2n) is 5.83. The van der Waals surface area contributed by atoms with E-state index in [2.05, 4.69) is 16.0 Å². The summed E-state index contributed by atoms with van der Waals surface area (Å²) in [6, 6.07) is 11.3. The molecule has 0 unspecified atom stereocenters. The minimum absolute atomic E-state index is 0.217. The zero-order chi connectivity index (χ0) is 16.2. The molecule has 5 heteroatoms. The first-order chi connectivity index (χ1) is 11.2. The molecule has 0 bridgehead atoms. The largest absolute Gasteiger partial charge is 0.388 e. The number of pyridine rings is 1. The van der Waals surface area contributed by atoms with Crippen LogP contribution in [0.2, 0.25) is 5.02 Å². The van der Waals surface area contributed by atoms with Crippen molar-refractivity contribution < 1.29 is 5.11 Å². The van der Waals surface area contributed by atoms with Crippen molar-refractivity contribution in [2.24, 2.45) is 5.92 Å². The van der Waals surface area contributed by atoms with Crippen LogP contribution in [-0.4, -0.2) is 23.2 Å². The molecule has 1 fully saturated rings. The topological polar surface area (TPSA) is 60.2 Å². The van der Waals surface area contributed by atoms with Crippen molar-refractivity contribution in [2.45, 2.75) is 18.9 Å². The number of piperidine rings is 1. The molecular formula is C18H18ClN3O. The van der Waals surface area contributed by atoms with Crippen LogP contribution in [0.15, 0.2) is 42.7 Å². The van der Waals surface area contributed by atoms with E-state index in [9.17, 15) is 10.4 Å². The van der Waals surface area contributed by atoms with Gasteiger partial charge in [-0.15, -0.1) is 0 Å². The minimum Gasteiger partial charge on any atom is -0.388 e. The van der Waals surface area contributed by atoms with Gasteiger partial charge < -0.3 is 10.0 Å². The zero-order valence-corrected chi connectivity index (χ0v) is 13.4. The van der Waals surface area contributed by atoms with E-state index in [4.69, 9.17) is 11.6 Å². The van der Waals surface area contributed by atoms with Crippen molar-refractivity contribution in [3.8, 4) is 6.07 Å². The average molecular weight is 328 g/mol. The van der Waals surface area contributed by atoms with Crippen LogP contribution >= 0.6 is 11.6 Å². The van der Waals surface area contributed by atoms with Gasteiger partial charge in [0, 0.05) is 24.3 Å². The Morgan fingerprint density at radius 2 is 1.91 bits per heavy atom. The molecule has 1 atom stereocenters. The van der Waals surface area contributed by atoms with Crippen LogP contribution in [-0.2, 0) is 0 Å². The molecule has 4 nitrogen and oxygen atoms in total. The Labute approximate surface area is 141 Å². The quantitative estimate of drug-likeness (QED) is 0.936. The van der Waals surface area contributed by atoms with Gasteiger partial charge in [0.05, 0.1) is 23.6 Å². The van der Waals surface area contributed by atoms with Crippen molar-refractivity contribution >= 4 is 17.3 Å². The van der Waals surface area contributed by atoms with Crippen LogP contribution in [0.1, 0.15) is 30.1 Å². The molecule has 1 aromatic carbocycles. The maximum absolute atomic E-state index is 10.6. The number of halogens is 1. The molecule has 2 aromatic rings. The number of rotatable bonds is 3. The van der Waals surface area contributed by atoms with Crippen molar-refractivity contribution in [1.82, 2.24) is 4.98 Å². The second-order valence-corrected chi connectivity index (χ2v) is 6.26. The average Bonchev–Trinajstić information content (AvgIpc) is 2.62. The van der Waals surface area contributed by atoms with E-state index in [0.29, 0.717) is 10.6 Å². The van der Waals surface area contributed by atoms with E-state index in [-0.39, 0.29) is 5.92 Å². The molecular weight excluding hydrogens is 310 g/mol. The summed E-state index contributed by atoms with van der Waals surface area (Å²) in [6.07, 6.45) is 4.67. The molecule has 0 saturated carbocycles. The first-order valence-corrected chi connectivity index (χ1v) is 8.09. The molecule has 23 heavy (non-hydrogen) atoms. The summed E-state index contributed by atoms with van der Waals surface area (Å²) < 4.78 is 0. The number of anilines is 1. The summed E-state index contributed by atoms with van der Waals surface area (Å²) in [7, 11) is 0. The maximum atomic E-state index is 10.6. The lowest BCUT2D eigenvalue weighted by Crippen LogP contribution is -2.36. The van der Waals surface area contributed by atoms with E-state index in [0.717, 1.165) is 37.2 Å². The standard InChI is InChI=1S/C18H18ClN3O/c19-16-3-1-13(2-4-16)18(23)14-6-9-22(10-7-14)17-12-21-8-5-15(17)11-20/h1-5,8,12,14,18,23H,6-7,9-10H2/t18-/m1/s1. The van der Waals surface area contributed by atoms with Crippen LogP contribution in [0.3, 0.4) is 0 Å². The number of nitriles is 1. The lowest BCUT2D eigenvalue weighted by Gasteiger charge is -2.35. The Morgan fingerprint density at radius 1 is 1.22 bits per heavy atom. The predicted octanol–water partition coefficient (Wildman–Crippen LogP) is 3.56. The zero-order valence-electron chi connectivity index (χ0n) is 12.7. The van der Waals surface area contributed by atoms with Crippen LogP contribution < -0.4 is 4.90 Å². The Bertz CT molecular complexity index is 703. The predicted molar refractivity (Wildman–Crippen MR) is 90.3 cm³/mol. The van der Waals surface area contributed by atoms with Gasteiger partial charge in [-0.1, -0.05) is 23.7 Å². The second kappa shape index (κ2) is 6.99. The van der Waals surface area contributed by atoms with Crippen molar-refractivity contribution in [3.05, 3.63) is 58.9 Å². The lowest BCUT2D eigenvalue weighted by molar-refractivity contribution is 0.0930. The molecule has 1 N–H and O–H groups in total. The fourth-order valence-corrected chi connectivity index (χ4v) is 3.25. The van der Waals surface area contributed by atoms with Gasteiger partial charge in [0.2, 0.25) is 0 Å². The van der Waals surface area contributed by atoms with Crippen molar-refractivity contribution in [3.63, 3.8) is 0 Å². The molecule has 1 saturated heterocycles. The Balaban J connectivity index is 1.66. The molecule has 1 aliphatic rings. The Morgan fingerprint density at radius 3 is 2.57 bits per heavy atom. The van der Waals surface area contributed by atoms with Crippen LogP contribution in [0.4, 0.5) is 5.69 Å². The lowest BCUT2D eigenvalue weighted by atomic mass is 9.87. The fraction of sp³-hybridized carbons (Fsp3) is 0.333. The number of hydrogen-bond acceptors (Lipinski definition) is 4. The number of aromatic nitrogens is 1. The van der Waals surface area contributed by atoms with Gasteiger partial charge >= 0.3 is 0 Å². The smallest absolute Gasteiger partial charge is 0.101 e. The van der Waals surface area contributed by atoms with Gasteiger partial charge in [0.1, 0.15) is 6.07 Å². The number of hydrogen-bond donors (Lipinski definition) is 1. The summed E-state index contributed by atoms with van der Waals surface area (Å²) in [5.74, 6) is 0.217. The highest BCUT2D eigenvalue weighted by molar-refractivity contribution is 6.30. The Hall–Kier alpha value is -2.09. The summed E-state index contributed by atoms with van der Waals surface area (Å²) in [4.78, 5) is 6.30. The SMILES string of the molecule is N#Cc1ccncc1N1CCC([C@H](O)c2ccc(Cl)cc2)CC1. The molecule has 3 rings (SSSR count). The highest BCUT2D eigenvalue weighted by atomic mass is 35.5. The molecule has 0 spiro atoms. The van der Waals surface area contributed by atoms with Crippen molar-refractivity contribution in [1.29, 1.82) is 5.26 Å². The van der Waals surface area contributed by atoms with E-state index < -0.39 is 6.10 Å². The third kappa shape index (κ3) is 3.47. The number of nitrogens with zero attached hydrogens (tertiary/aromatic N) is 3. The van der Waals surface area contributed by atoms with Gasteiger partial charge in [-0.3, -0.25) is 4.98 Å². The van der Waals surface area contributed by atoms with Crippen LogP contribution in [0, 0.1) is 17.2 Å². The fourth-order valence-electron chi connectivity index (χ4n) is 3.12. The number of benzene rings is 1. The van der Waals surface area contributed by atoms with E-state index in [1.807, 2.05) is 24.3 Å². The summed E-state index contributed by atoms with van der Waals surface area (Å²) in [5, 5.41) is 20.4. The molecule has 0 amide bonds. The highest BCUT2D eigenvalue weighted by Gasteiger charge is 2.27. The Kier molecular flexibility index (Phi) is 4.80. The van der Waals surface area contributed by atoms with Crippen LogP contribution in [0.25, 0.3) is 0 Å². The van der Waals surface area contributed by atoms with Gasteiger partial charge in [-0.25, -0.2) is 0 Å². The molecule has 2 heterocycles. The molecule has 118 valence electrons. The van der Waals surface area contributed by atoms with Crippen LogP contribution in [0.5, 0.6) is 0 Å².